The van der Waals surface area contributed by atoms with Crippen LogP contribution >= 0.6 is 31.9 Å². The van der Waals surface area contributed by atoms with Gasteiger partial charge in [0, 0.05) is 18.7 Å². The first-order valence-electron chi connectivity index (χ1n) is 11.0. The van der Waals surface area contributed by atoms with Crippen LogP contribution in [0.2, 0.25) is 0 Å². The van der Waals surface area contributed by atoms with Crippen molar-refractivity contribution in [3.8, 4) is 11.5 Å². The number of sulfonamides is 1. The van der Waals surface area contributed by atoms with Crippen LogP contribution in [-0.4, -0.2) is 45.8 Å². The van der Waals surface area contributed by atoms with Gasteiger partial charge in [-0.25, -0.2) is 8.42 Å². The molecule has 0 amide bonds. The number of hydrogen-bond acceptors (Lipinski definition) is 5. The van der Waals surface area contributed by atoms with Gasteiger partial charge in [-0.05, 0) is 92.7 Å². The minimum absolute atomic E-state index is 0.0605. The average Bonchev–Trinajstić information content (AvgIpc) is 2.88. The summed E-state index contributed by atoms with van der Waals surface area (Å²) in [5.74, 6) is 1.23. The van der Waals surface area contributed by atoms with Crippen LogP contribution in [0.4, 0.5) is 0 Å². The van der Waals surface area contributed by atoms with E-state index in [1.807, 2.05) is 18.2 Å². The van der Waals surface area contributed by atoms with E-state index in [0.29, 0.717) is 34.4 Å². The smallest absolute Gasteiger partial charge is 0.243 e. The number of carbonyl (C=O) groups excluding carboxylic acids is 1. The second-order valence-corrected chi connectivity index (χ2v) is 12.0. The Bertz CT molecular complexity index is 1340. The molecule has 0 unspecified atom stereocenters. The number of piperidine rings is 1. The number of nitrogens with zero attached hydrogens (tertiary/aromatic N) is 1. The molecule has 1 aliphatic heterocycles. The third-order valence-corrected chi connectivity index (χ3v) is 9.66. The minimum Gasteiger partial charge on any atom is -0.496 e. The standard InChI is InChI=1S/C26H25Br2NO5S/c1-33-23-10-8-18(16-21(23)27)25(30)26(19-9-11-24(34-2)22(28)17-19)12-14-29(15-13-26)35(31,32)20-6-4-3-5-7-20/h3-11,16-17H,12-15H2,1-2H3. The van der Waals surface area contributed by atoms with Crippen molar-refractivity contribution in [3.63, 3.8) is 0 Å². The number of halogens is 2. The first-order valence-corrected chi connectivity index (χ1v) is 14.0. The van der Waals surface area contributed by atoms with Crippen molar-refractivity contribution in [2.45, 2.75) is 23.2 Å². The van der Waals surface area contributed by atoms with Gasteiger partial charge in [-0.2, -0.15) is 4.31 Å². The molecule has 1 heterocycles. The molecule has 1 fully saturated rings. The zero-order valence-electron chi connectivity index (χ0n) is 19.3. The van der Waals surface area contributed by atoms with Crippen LogP contribution in [-0.2, 0) is 15.4 Å². The highest BCUT2D eigenvalue weighted by Crippen LogP contribution is 2.43. The van der Waals surface area contributed by atoms with Crippen molar-refractivity contribution >= 4 is 47.7 Å². The summed E-state index contributed by atoms with van der Waals surface area (Å²) in [6, 6.07) is 19.3. The van der Waals surface area contributed by atoms with E-state index in [1.54, 1.807) is 62.8 Å². The number of ether oxygens (including phenoxy) is 2. The van der Waals surface area contributed by atoms with E-state index in [-0.39, 0.29) is 23.8 Å². The second-order valence-electron chi connectivity index (χ2n) is 8.33. The van der Waals surface area contributed by atoms with E-state index in [4.69, 9.17) is 9.47 Å². The monoisotopic (exact) mass is 621 g/mol. The molecule has 0 aromatic heterocycles. The molecule has 1 aliphatic rings. The molecule has 0 saturated carbocycles. The molecule has 3 aromatic rings. The molecular formula is C26H25Br2NO5S. The van der Waals surface area contributed by atoms with Crippen LogP contribution in [0.25, 0.3) is 0 Å². The number of benzene rings is 3. The predicted molar refractivity (Wildman–Crippen MR) is 142 cm³/mol. The largest absolute Gasteiger partial charge is 0.496 e. The van der Waals surface area contributed by atoms with Crippen LogP contribution in [0, 0.1) is 0 Å². The maximum absolute atomic E-state index is 14.1. The molecule has 0 radical (unpaired) electrons. The van der Waals surface area contributed by atoms with E-state index in [9.17, 15) is 13.2 Å². The first-order chi connectivity index (χ1) is 16.7. The topological polar surface area (TPSA) is 72.9 Å². The zero-order valence-corrected chi connectivity index (χ0v) is 23.3. The van der Waals surface area contributed by atoms with E-state index >= 15 is 0 Å². The maximum atomic E-state index is 14.1. The Labute approximate surface area is 222 Å². The van der Waals surface area contributed by atoms with E-state index in [1.165, 1.54) is 4.31 Å². The van der Waals surface area contributed by atoms with Crippen molar-refractivity contribution in [1.82, 2.24) is 4.31 Å². The molecule has 6 nitrogen and oxygen atoms in total. The summed E-state index contributed by atoms with van der Waals surface area (Å²) >= 11 is 7.02. The summed E-state index contributed by atoms with van der Waals surface area (Å²) in [6.45, 7) is 0.452. The summed E-state index contributed by atoms with van der Waals surface area (Å²) in [5.41, 5.74) is 0.453. The fraction of sp³-hybridized carbons (Fsp3) is 0.269. The summed E-state index contributed by atoms with van der Waals surface area (Å²) in [5, 5.41) is 0. The lowest BCUT2D eigenvalue weighted by Gasteiger charge is -2.41. The molecule has 3 aromatic carbocycles. The van der Waals surface area contributed by atoms with Crippen LogP contribution < -0.4 is 9.47 Å². The average molecular weight is 623 g/mol. The Kier molecular flexibility index (Phi) is 7.71. The molecule has 0 aliphatic carbocycles. The van der Waals surface area contributed by atoms with Gasteiger partial charge in [0.05, 0.1) is 33.5 Å². The van der Waals surface area contributed by atoms with Crippen molar-refractivity contribution in [2.75, 3.05) is 27.3 Å². The van der Waals surface area contributed by atoms with Crippen molar-refractivity contribution in [2.24, 2.45) is 0 Å². The molecule has 184 valence electrons. The van der Waals surface area contributed by atoms with Gasteiger partial charge in [0.1, 0.15) is 11.5 Å². The lowest BCUT2D eigenvalue weighted by Crippen LogP contribution is -2.49. The van der Waals surface area contributed by atoms with Gasteiger partial charge in [-0.3, -0.25) is 4.79 Å². The van der Waals surface area contributed by atoms with Crippen molar-refractivity contribution in [1.29, 1.82) is 0 Å². The highest BCUT2D eigenvalue weighted by Gasteiger charge is 2.45. The molecule has 0 bridgehead atoms. The number of rotatable bonds is 7. The van der Waals surface area contributed by atoms with Gasteiger partial charge in [0.2, 0.25) is 10.0 Å². The Morgan fingerprint density at radius 2 is 1.43 bits per heavy atom. The quantitative estimate of drug-likeness (QED) is 0.310. The lowest BCUT2D eigenvalue weighted by molar-refractivity contribution is 0.0819. The number of ketones is 1. The molecule has 0 N–H and O–H groups in total. The maximum Gasteiger partial charge on any atom is 0.243 e. The molecule has 35 heavy (non-hydrogen) atoms. The fourth-order valence-electron chi connectivity index (χ4n) is 4.54. The zero-order chi connectivity index (χ0) is 25.2. The Morgan fingerprint density at radius 1 is 0.857 bits per heavy atom. The van der Waals surface area contributed by atoms with Gasteiger partial charge in [-0.15, -0.1) is 0 Å². The molecule has 0 spiro atoms. The molecule has 0 atom stereocenters. The number of carbonyl (C=O) groups is 1. The van der Waals surface area contributed by atoms with Gasteiger partial charge in [0.25, 0.3) is 0 Å². The van der Waals surface area contributed by atoms with Crippen molar-refractivity contribution < 1.29 is 22.7 Å². The van der Waals surface area contributed by atoms with Crippen LogP contribution in [0.5, 0.6) is 11.5 Å². The van der Waals surface area contributed by atoms with Crippen LogP contribution in [0.15, 0.2) is 80.6 Å². The third-order valence-electron chi connectivity index (χ3n) is 6.51. The second kappa shape index (κ2) is 10.4. The molecule has 9 heteroatoms. The van der Waals surface area contributed by atoms with E-state index in [2.05, 4.69) is 31.9 Å². The number of hydrogen-bond donors (Lipinski definition) is 0. The predicted octanol–water partition coefficient (Wildman–Crippen LogP) is 5.83. The summed E-state index contributed by atoms with van der Waals surface area (Å²) in [7, 11) is -0.494. The Morgan fingerprint density at radius 3 is 1.97 bits per heavy atom. The van der Waals surface area contributed by atoms with Crippen LogP contribution in [0.1, 0.15) is 28.8 Å². The van der Waals surface area contributed by atoms with Crippen LogP contribution in [0.3, 0.4) is 0 Å². The molecular weight excluding hydrogens is 598 g/mol. The number of Topliss-reactive ketones (excluding diaryl/α,β-unsaturated/α-hetero) is 1. The molecule has 1 saturated heterocycles. The summed E-state index contributed by atoms with van der Waals surface area (Å²) < 4.78 is 40.0. The van der Waals surface area contributed by atoms with Gasteiger partial charge < -0.3 is 9.47 Å². The third kappa shape index (κ3) is 4.91. The molecule has 4 rings (SSSR count). The summed E-state index contributed by atoms with van der Waals surface area (Å²) in [6.07, 6.45) is 0.695. The van der Waals surface area contributed by atoms with E-state index < -0.39 is 15.4 Å². The summed E-state index contributed by atoms with van der Waals surface area (Å²) in [4.78, 5) is 14.3. The van der Waals surface area contributed by atoms with Gasteiger partial charge in [-0.1, -0.05) is 24.3 Å². The Balaban J connectivity index is 1.73. The highest BCUT2D eigenvalue weighted by atomic mass is 79.9. The SMILES string of the molecule is COc1ccc(C(=O)C2(c3ccc(OC)c(Br)c3)CCN(S(=O)(=O)c3ccccc3)CC2)cc1Br. The van der Waals surface area contributed by atoms with Gasteiger partial charge >= 0.3 is 0 Å². The number of methoxy groups -OCH3 is 2. The fourth-order valence-corrected chi connectivity index (χ4v) is 7.09. The minimum atomic E-state index is -3.65. The Hall–Kier alpha value is -2.20. The van der Waals surface area contributed by atoms with E-state index in [0.717, 1.165) is 10.0 Å². The first kappa shape index (κ1) is 25.9. The normalized spacial score (nSPS) is 16.0. The highest BCUT2D eigenvalue weighted by molar-refractivity contribution is 9.10. The van der Waals surface area contributed by atoms with Crippen molar-refractivity contribution in [3.05, 3.63) is 86.8 Å². The van der Waals surface area contributed by atoms with Gasteiger partial charge in [0.15, 0.2) is 5.78 Å². The lowest BCUT2D eigenvalue weighted by atomic mass is 9.68.